The van der Waals surface area contributed by atoms with Crippen molar-refractivity contribution >= 4 is 17.1 Å². The van der Waals surface area contributed by atoms with Gasteiger partial charge in [0, 0.05) is 17.3 Å². The van der Waals surface area contributed by atoms with Crippen molar-refractivity contribution in [2.24, 2.45) is 0 Å². The molecule has 0 aliphatic rings. The smallest absolute Gasteiger partial charge is 0.420 e. The van der Waals surface area contributed by atoms with E-state index in [1.165, 1.54) is 4.57 Å². The molecule has 0 bridgehead atoms. The van der Waals surface area contributed by atoms with Crippen LogP contribution in [0.5, 0.6) is 0 Å². The van der Waals surface area contributed by atoms with Gasteiger partial charge in [-0.3, -0.25) is 0 Å². The minimum absolute atomic E-state index is 0.391. The topological polar surface area (TPSA) is 44.1 Å². The van der Waals surface area contributed by atoms with E-state index in [4.69, 9.17) is 4.74 Å². The fourth-order valence-corrected chi connectivity index (χ4v) is 1.70. The van der Waals surface area contributed by atoms with Crippen LogP contribution in [0.4, 0.5) is 4.79 Å². The van der Waals surface area contributed by atoms with E-state index in [9.17, 15) is 4.79 Å². The lowest BCUT2D eigenvalue weighted by molar-refractivity contribution is 0.0543. The predicted molar refractivity (Wildman–Crippen MR) is 70.7 cm³/mol. The summed E-state index contributed by atoms with van der Waals surface area (Å²) >= 11 is 0. The van der Waals surface area contributed by atoms with E-state index in [2.05, 4.69) is 4.98 Å². The zero-order valence-electron chi connectivity index (χ0n) is 11.2. The normalized spacial score (nSPS) is 11.8. The van der Waals surface area contributed by atoms with Crippen molar-refractivity contribution in [3.05, 3.63) is 30.1 Å². The average molecular weight is 246 g/mol. The van der Waals surface area contributed by atoms with Gasteiger partial charge in [-0.05, 0) is 45.4 Å². The minimum atomic E-state index is -0.504. The molecule has 2 heterocycles. The number of nitrogens with zero attached hydrogens (tertiary/aromatic N) is 2. The molecule has 0 radical (unpaired) electrons. The van der Waals surface area contributed by atoms with E-state index in [1.807, 2.05) is 45.9 Å². The summed E-state index contributed by atoms with van der Waals surface area (Å²) in [7, 11) is 0. The zero-order chi connectivity index (χ0) is 13.3. The second-order valence-electron chi connectivity index (χ2n) is 5.24. The summed E-state index contributed by atoms with van der Waals surface area (Å²) in [5.74, 6) is 0. The van der Waals surface area contributed by atoms with Crippen molar-refractivity contribution in [3.63, 3.8) is 0 Å². The van der Waals surface area contributed by atoms with Crippen molar-refractivity contribution in [2.75, 3.05) is 0 Å². The van der Waals surface area contributed by atoms with Crippen LogP contribution in [0.1, 0.15) is 33.4 Å². The van der Waals surface area contributed by atoms with Gasteiger partial charge in [-0.1, -0.05) is 6.92 Å². The zero-order valence-corrected chi connectivity index (χ0v) is 11.2. The van der Waals surface area contributed by atoms with Gasteiger partial charge in [0.1, 0.15) is 11.2 Å². The molecule has 0 atom stereocenters. The molecule has 0 aliphatic heterocycles. The van der Waals surface area contributed by atoms with Crippen LogP contribution in [0.25, 0.3) is 11.0 Å². The minimum Gasteiger partial charge on any atom is -0.443 e. The largest absolute Gasteiger partial charge is 0.443 e. The summed E-state index contributed by atoms with van der Waals surface area (Å²) in [6.45, 7) is 7.58. The van der Waals surface area contributed by atoms with Crippen LogP contribution in [-0.2, 0) is 11.2 Å². The Balaban J connectivity index is 2.42. The molecule has 0 aromatic carbocycles. The van der Waals surface area contributed by atoms with Gasteiger partial charge in [0.05, 0.1) is 0 Å². The Morgan fingerprint density at radius 2 is 2.06 bits per heavy atom. The molecule has 4 heteroatoms. The SMILES string of the molecule is CCc1ccc2ccn(C(=O)OC(C)(C)C)c2n1. The molecule has 96 valence electrons. The maximum atomic E-state index is 12.0. The highest BCUT2D eigenvalue weighted by molar-refractivity contribution is 5.87. The maximum absolute atomic E-state index is 12.0. The number of pyridine rings is 1. The summed E-state index contributed by atoms with van der Waals surface area (Å²) in [6.07, 6.45) is 2.15. The second-order valence-corrected chi connectivity index (χ2v) is 5.24. The standard InChI is InChI=1S/C14H18N2O2/c1-5-11-7-6-10-8-9-16(12(10)15-11)13(17)18-14(2,3)4/h6-9H,5H2,1-4H3. The molecular formula is C14H18N2O2. The fourth-order valence-electron chi connectivity index (χ4n) is 1.70. The third-order valence-electron chi connectivity index (χ3n) is 2.55. The predicted octanol–water partition coefficient (Wildman–Crippen LogP) is 3.38. The first-order valence-electron chi connectivity index (χ1n) is 6.11. The van der Waals surface area contributed by atoms with E-state index >= 15 is 0 Å². The van der Waals surface area contributed by atoms with Gasteiger partial charge in [-0.15, -0.1) is 0 Å². The molecule has 0 N–H and O–H groups in total. The highest BCUT2D eigenvalue weighted by atomic mass is 16.6. The van der Waals surface area contributed by atoms with E-state index in [0.29, 0.717) is 5.65 Å². The van der Waals surface area contributed by atoms with Crippen LogP contribution in [-0.4, -0.2) is 21.2 Å². The first-order valence-corrected chi connectivity index (χ1v) is 6.11. The van der Waals surface area contributed by atoms with Crippen LogP contribution in [0.3, 0.4) is 0 Å². The third kappa shape index (κ3) is 2.53. The number of carbonyl (C=O) groups is 1. The quantitative estimate of drug-likeness (QED) is 0.774. The Labute approximate surface area is 107 Å². The van der Waals surface area contributed by atoms with Gasteiger partial charge in [0.2, 0.25) is 0 Å². The third-order valence-corrected chi connectivity index (χ3v) is 2.55. The lowest BCUT2D eigenvalue weighted by atomic mass is 10.2. The molecule has 0 unspecified atom stereocenters. The molecule has 0 amide bonds. The number of hydrogen-bond donors (Lipinski definition) is 0. The molecule has 0 saturated heterocycles. The summed E-state index contributed by atoms with van der Waals surface area (Å²) in [5, 5.41) is 0.943. The maximum Gasteiger partial charge on any atom is 0.420 e. The van der Waals surface area contributed by atoms with Gasteiger partial charge < -0.3 is 4.74 Å². The van der Waals surface area contributed by atoms with Gasteiger partial charge in [0.15, 0.2) is 0 Å². The fraction of sp³-hybridized carbons (Fsp3) is 0.429. The van der Waals surface area contributed by atoms with Crippen LogP contribution in [0.2, 0.25) is 0 Å². The number of rotatable bonds is 1. The summed E-state index contributed by atoms with van der Waals surface area (Å²) in [5.41, 5.74) is 1.12. The first kappa shape index (κ1) is 12.6. The Morgan fingerprint density at radius 1 is 1.33 bits per heavy atom. The number of carbonyl (C=O) groups excluding carboxylic acids is 1. The lowest BCUT2D eigenvalue weighted by Gasteiger charge is -2.19. The van der Waals surface area contributed by atoms with E-state index in [1.54, 1.807) is 6.20 Å². The number of aromatic nitrogens is 2. The Hall–Kier alpha value is -1.84. The molecule has 0 aliphatic carbocycles. The number of hydrogen-bond acceptors (Lipinski definition) is 3. The van der Waals surface area contributed by atoms with Crippen LogP contribution in [0, 0.1) is 0 Å². The molecule has 18 heavy (non-hydrogen) atoms. The number of fused-ring (bicyclic) bond motifs is 1. The summed E-state index contributed by atoms with van der Waals surface area (Å²) in [6, 6.07) is 5.81. The summed E-state index contributed by atoms with van der Waals surface area (Å²) in [4.78, 5) is 16.5. The summed E-state index contributed by atoms with van der Waals surface area (Å²) < 4.78 is 6.81. The van der Waals surface area contributed by atoms with Crippen molar-refractivity contribution in [1.29, 1.82) is 0 Å². The Morgan fingerprint density at radius 3 is 2.67 bits per heavy atom. The molecule has 0 spiro atoms. The van der Waals surface area contributed by atoms with E-state index in [-0.39, 0.29) is 0 Å². The molecule has 2 aromatic heterocycles. The lowest BCUT2D eigenvalue weighted by Crippen LogP contribution is -2.26. The first-order chi connectivity index (χ1) is 8.40. The van der Waals surface area contributed by atoms with Crippen LogP contribution >= 0.6 is 0 Å². The monoisotopic (exact) mass is 246 g/mol. The average Bonchev–Trinajstić information content (AvgIpc) is 2.69. The number of ether oxygens (including phenoxy) is 1. The number of aryl methyl sites for hydroxylation is 1. The van der Waals surface area contributed by atoms with Crippen LogP contribution < -0.4 is 0 Å². The van der Waals surface area contributed by atoms with Crippen molar-refractivity contribution < 1.29 is 9.53 Å². The molecule has 0 saturated carbocycles. The van der Waals surface area contributed by atoms with Gasteiger partial charge >= 0.3 is 6.09 Å². The van der Waals surface area contributed by atoms with Crippen molar-refractivity contribution in [3.8, 4) is 0 Å². The Bertz CT molecular complexity index is 579. The Kier molecular flexibility index (Phi) is 3.11. The second kappa shape index (κ2) is 4.44. The molecule has 2 aromatic rings. The van der Waals surface area contributed by atoms with Gasteiger partial charge in [-0.25, -0.2) is 14.3 Å². The molecule has 4 nitrogen and oxygen atoms in total. The van der Waals surface area contributed by atoms with Gasteiger partial charge in [0.25, 0.3) is 0 Å². The van der Waals surface area contributed by atoms with Crippen molar-refractivity contribution in [1.82, 2.24) is 9.55 Å². The molecule has 2 rings (SSSR count). The van der Waals surface area contributed by atoms with Crippen LogP contribution in [0.15, 0.2) is 24.4 Å². The van der Waals surface area contributed by atoms with Crippen molar-refractivity contribution in [2.45, 2.75) is 39.7 Å². The van der Waals surface area contributed by atoms with E-state index < -0.39 is 11.7 Å². The molecule has 0 fully saturated rings. The highest BCUT2D eigenvalue weighted by Crippen LogP contribution is 2.17. The highest BCUT2D eigenvalue weighted by Gasteiger charge is 2.19. The van der Waals surface area contributed by atoms with E-state index in [0.717, 1.165) is 17.5 Å². The molecular weight excluding hydrogens is 228 g/mol. The van der Waals surface area contributed by atoms with Gasteiger partial charge in [-0.2, -0.15) is 0 Å².